The Morgan fingerprint density at radius 1 is 1.32 bits per heavy atom. The van der Waals surface area contributed by atoms with Crippen LogP contribution < -0.4 is 10.2 Å². The molecular formula is C18H22N4O2S. The van der Waals surface area contributed by atoms with Crippen molar-refractivity contribution in [2.24, 2.45) is 11.8 Å². The summed E-state index contributed by atoms with van der Waals surface area (Å²) >= 11 is 1.67. The van der Waals surface area contributed by atoms with Gasteiger partial charge >= 0.3 is 0 Å². The molecule has 2 aromatic rings. The average molecular weight is 358 g/mol. The lowest BCUT2D eigenvalue weighted by molar-refractivity contribution is -0.137. The SMILES string of the molecule is O=C(NCc1cccs1)[C@@H]1CCO[C@@H]2CCN(c3ncccn3)C[C@H]21. The maximum atomic E-state index is 12.8. The number of amides is 1. The van der Waals surface area contributed by atoms with Gasteiger partial charge in [0.2, 0.25) is 11.9 Å². The van der Waals surface area contributed by atoms with Crippen molar-refractivity contribution < 1.29 is 9.53 Å². The number of hydrogen-bond donors (Lipinski definition) is 1. The van der Waals surface area contributed by atoms with E-state index in [1.807, 2.05) is 23.6 Å². The second-order valence-electron chi connectivity index (χ2n) is 6.55. The van der Waals surface area contributed by atoms with Crippen molar-refractivity contribution in [2.75, 3.05) is 24.6 Å². The fourth-order valence-corrected chi connectivity index (χ4v) is 4.44. The summed E-state index contributed by atoms with van der Waals surface area (Å²) in [5.41, 5.74) is 0. The minimum Gasteiger partial charge on any atom is -0.378 e. The first-order valence-electron chi connectivity index (χ1n) is 8.75. The second kappa shape index (κ2) is 7.49. The lowest BCUT2D eigenvalue weighted by Gasteiger charge is -2.44. The number of aromatic nitrogens is 2. The molecule has 0 unspecified atom stereocenters. The van der Waals surface area contributed by atoms with Crippen LogP contribution in [0.1, 0.15) is 17.7 Å². The summed E-state index contributed by atoms with van der Waals surface area (Å²) < 4.78 is 5.95. The van der Waals surface area contributed by atoms with Crippen LogP contribution in [0.5, 0.6) is 0 Å². The zero-order valence-electron chi connectivity index (χ0n) is 14.0. The van der Waals surface area contributed by atoms with Crippen molar-refractivity contribution >= 4 is 23.2 Å². The van der Waals surface area contributed by atoms with Crippen molar-refractivity contribution in [1.82, 2.24) is 15.3 Å². The summed E-state index contributed by atoms with van der Waals surface area (Å²) in [6.45, 7) is 2.91. The van der Waals surface area contributed by atoms with Gasteiger partial charge in [-0.1, -0.05) is 6.07 Å². The van der Waals surface area contributed by atoms with Gasteiger partial charge in [0.25, 0.3) is 0 Å². The van der Waals surface area contributed by atoms with Crippen LogP contribution in [-0.4, -0.2) is 41.7 Å². The van der Waals surface area contributed by atoms with E-state index in [1.54, 1.807) is 23.7 Å². The van der Waals surface area contributed by atoms with Crippen molar-refractivity contribution in [3.63, 3.8) is 0 Å². The molecule has 1 N–H and O–H groups in total. The summed E-state index contributed by atoms with van der Waals surface area (Å²) in [6, 6.07) is 5.88. The van der Waals surface area contributed by atoms with Gasteiger partial charge in [0.1, 0.15) is 0 Å². The average Bonchev–Trinajstić information content (AvgIpc) is 3.19. The van der Waals surface area contributed by atoms with Crippen molar-refractivity contribution in [1.29, 1.82) is 0 Å². The molecule has 2 aromatic heterocycles. The molecule has 0 saturated carbocycles. The Bertz CT molecular complexity index is 694. The van der Waals surface area contributed by atoms with Crippen LogP contribution in [0.3, 0.4) is 0 Å². The van der Waals surface area contributed by atoms with Gasteiger partial charge in [-0.15, -0.1) is 11.3 Å². The molecule has 2 saturated heterocycles. The molecule has 132 valence electrons. The van der Waals surface area contributed by atoms with E-state index in [4.69, 9.17) is 4.74 Å². The Morgan fingerprint density at radius 3 is 3.00 bits per heavy atom. The Morgan fingerprint density at radius 2 is 2.20 bits per heavy atom. The number of carbonyl (C=O) groups excluding carboxylic acids is 1. The number of carbonyl (C=O) groups is 1. The van der Waals surface area contributed by atoms with E-state index in [1.165, 1.54) is 4.88 Å². The van der Waals surface area contributed by atoms with Gasteiger partial charge < -0.3 is 15.0 Å². The summed E-state index contributed by atoms with van der Waals surface area (Å²) in [6.07, 6.45) is 5.37. The van der Waals surface area contributed by atoms with Gasteiger partial charge in [0, 0.05) is 48.8 Å². The Hall–Kier alpha value is -1.99. The molecule has 25 heavy (non-hydrogen) atoms. The van der Waals surface area contributed by atoms with Crippen LogP contribution in [0.15, 0.2) is 36.0 Å². The minimum absolute atomic E-state index is 0.00905. The standard InChI is InChI=1S/C18H22N4O2S/c23-17(21-11-13-3-1-10-25-13)14-5-9-24-16-4-8-22(12-15(14)16)18-19-6-2-7-20-18/h1-3,6-7,10,14-16H,4-5,8-9,11-12H2,(H,21,23)/t14-,15+,16-/m1/s1. The first kappa shape index (κ1) is 16.5. The first-order chi connectivity index (χ1) is 12.3. The summed E-state index contributed by atoms with van der Waals surface area (Å²) in [5, 5.41) is 5.14. The number of rotatable bonds is 4. The molecule has 3 atom stereocenters. The monoisotopic (exact) mass is 358 g/mol. The third-order valence-electron chi connectivity index (χ3n) is 5.06. The predicted octanol–water partition coefficient (Wildman–Crippen LogP) is 2.09. The van der Waals surface area contributed by atoms with Gasteiger partial charge in [0.05, 0.1) is 12.6 Å². The van der Waals surface area contributed by atoms with Gasteiger partial charge in [-0.3, -0.25) is 4.79 Å². The maximum Gasteiger partial charge on any atom is 0.225 e. The molecule has 7 heteroatoms. The van der Waals surface area contributed by atoms with Gasteiger partial charge in [-0.05, 0) is 30.4 Å². The lowest BCUT2D eigenvalue weighted by atomic mass is 9.79. The summed E-state index contributed by atoms with van der Waals surface area (Å²) in [4.78, 5) is 24.8. The van der Waals surface area contributed by atoms with Crippen LogP contribution in [0.25, 0.3) is 0 Å². The highest BCUT2D eigenvalue weighted by atomic mass is 32.1. The number of nitrogens with zero attached hydrogens (tertiary/aromatic N) is 3. The zero-order chi connectivity index (χ0) is 17.1. The van der Waals surface area contributed by atoms with E-state index in [-0.39, 0.29) is 23.8 Å². The molecule has 4 rings (SSSR count). The largest absolute Gasteiger partial charge is 0.378 e. The van der Waals surface area contributed by atoms with Crippen LogP contribution in [-0.2, 0) is 16.1 Å². The number of thiophene rings is 1. The zero-order valence-corrected chi connectivity index (χ0v) is 14.8. The number of piperidine rings is 1. The van der Waals surface area contributed by atoms with Crippen molar-refractivity contribution in [3.8, 4) is 0 Å². The van der Waals surface area contributed by atoms with E-state index >= 15 is 0 Å². The smallest absolute Gasteiger partial charge is 0.225 e. The predicted molar refractivity (Wildman–Crippen MR) is 96.4 cm³/mol. The second-order valence-corrected chi connectivity index (χ2v) is 7.58. The van der Waals surface area contributed by atoms with E-state index in [0.29, 0.717) is 13.2 Å². The number of ether oxygens (including phenoxy) is 1. The Labute approximate surface area is 151 Å². The highest BCUT2D eigenvalue weighted by Crippen LogP contribution is 2.34. The van der Waals surface area contributed by atoms with Crippen LogP contribution >= 0.6 is 11.3 Å². The Balaban J connectivity index is 1.43. The third-order valence-corrected chi connectivity index (χ3v) is 5.93. The summed E-state index contributed by atoms with van der Waals surface area (Å²) in [7, 11) is 0. The van der Waals surface area contributed by atoms with Gasteiger partial charge in [0.15, 0.2) is 0 Å². The van der Waals surface area contributed by atoms with Crippen LogP contribution in [0.2, 0.25) is 0 Å². The van der Waals surface area contributed by atoms with E-state index in [2.05, 4.69) is 20.2 Å². The minimum atomic E-state index is -0.00905. The number of fused-ring (bicyclic) bond motifs is 1. The van der Waals surface area contributed by atoms with Crippen molar-refractivity contribution in [2.45, 2.75) is 25.5 Å². The highest BCUT2D eigenvalue weighted by molar-refractivity contribution is 7.09. The van der Waals surface area contributed by atoms with Crippen LogP contribution in [0, 0.1) is 11.8 Å². The molecule has 2 aliphatic rings. The summed E-state index contributed by atoms with van der Waals surface area (Å²) in [5.74, 6) is 1.06. The van der Waals surface area contributed by atoms with E-state index in [9.17, 15) is 4.79 Å². The molecule has 2 fully saturated rings. The molecule has 0 aromatic carbocycles. The molecule has 2 aliphatic heterocycles. The molecule has 0 radical (unpaired) electrons. The third kappa shape index (κ3) is 3.67. The lowest BCUT2D eigenvalue weighted by Crippen LogP contribution is -2.53. The van der Waals surface area contributed by atoms with Crippen molar-refractivity contribution in [3.05, 3.63) is 40.8 Å². The molecular weight excluding hydrogens is 336 g/mol. The fourth-order valence-electron chi connectivity index (χ4n) is 3.79. The maximum absolute atomic E-state index is 12.8. The Kier molecular flexibility index (Phi) is 4.94. The molecule has 0 spiro atoms. The normalized spacial score (nSPS) is 26.1. The number of anilines is 1. The fraction of sp³-hybridized carbons (Fsp3) is 0.500. The number of nitrogens with one attached hydrogen (secondary N) is 1. The topological polar surface area (TPSA) is 67.3 Å². The van der Waals surface area contributed by atoms with E-state index < -0.39 is 0 Å². The highest BCUT2D eigenvalue weighted by Gasteiger charge is 2.42. The molecule has 6 nitrogen and oxygen atoms in total. The molecule has 1 amide bonds. The van der Waals surface area contributed by atoms with Crippen LogP contribution in [0.4, 0.5) is 5.95 Å². The molecule has 4 heterocycles. The van der Waals surface area contributed by atoms with Gasteiger partial charge in [-0.2, -0.15) is 0 Å². The quantitative estimate of drug-likeness (QED) is 0.906. The molecule has 0 bridgehead atoms. The van der Waals surface area contributed by atoms with Gasteiger partial charge in [-0.25, -0.2) is 9.97 Å². The molecule has 0 aliphatic carbocycles. The number of hydrogen-bond acceptors (Lipinski definition) is 6. The van der Waals surface area contributed by atoms with E-state index in [0.717, 1.165) is 31.9 Å². The first-order valence-corrected chi connectivity index (χ1v) is 9.63.